The summed E-state index contributed by atoms with van der Waals surface area (Å²) in [6, 6.07) is 8.02. The van der Waals surface area contributed by atoms with Crippen molar-refractivity contribution < 1.29 is 33.2 Å². The van der Waals surface area contributed by atoms with E-state index in [4.69, 9.17) is 4.74 Å². The molecule has 0 aliphatic heterocycles. The van der Waals surface area contributed by atoms with E-state index in [1.165, 1.54) is 12.1 Å². The predicted octanol–water partition coefficient (Wildman–Crippen LogP) is 2.53. The largest absolute Gasteiger partial charge is 0.492 e. The summed E-state index contributed by atoms with van der Waals surface area (Å²) in [6.45, 7) is 0. The van der Waals surface area contributed by atoms with Gasteiger partial charge in [0.1, 0.15) is 5.75 Å². The number of hydrogen-bond acceptors (Lipinski definition) is 7. The molecule has 1 aromatic rings. The van der Waals surface area contributed by atoms with Crippen LogP contribution in [-0.2, 0) is 23.7 Å². The van der Waals surface area contributed by atoms with Gasteiger partial charge in [0.25, 0.3) is 0 Å². The third-order valence-electron chi connectivity index (χ3n) is 1.52. The standard InChI is InChI=1S/C9H11O7P/c1-12-15-17(11,16-13-2)9(10)14-8-6-4-3-5-7-8/h3-7H,1-2H3. The Labute approximate surface area is 97.6 Å². The molecule has 0 aliphatic carbocycles. The van der Waals surface area contributed by atoms with Crippen LogP contribution in [0.15, 0.2) is 30.3 Å². The highest BCUT2D eigenvalue weighted by Crippen LogP contribution is 2.50. The minimum atomic E-state index is -4.28. The van der Waals surface area contributed by atoms with Gasteiger partial charge in [0.05, 0.1) is 14.2 Å². The van der Waals surface area contributed by atoms with Crippen molar-refractivity contribution in [3.8, 4) is 5.75 Å². The van der Waals surface area contributed by atoms with E-state index in [1.807, 2.05) is 0 Å². The zero-order chi connectivity index (χ0) is 12.7. The van der Waals surface area contributed by atoms with Crippen molar-refractivity contribution in [1.29, 1.82) is 0 Å². The lowest BCUT2D eigenvalue weighted by Gasteiger charge is -2.12. The van der Waals surface area contributed by atoms with E-state index in [0.29, 0.717) is 0 Å². The minimum absolute atomic E-state index is 0.192. The quantitative estimate of drug-likeness (QED) is 0.442. The maximum Gasteiger partial charge on any atom is 0.492 e. The summed E-state index contributed by atoms with van der Waals surface area (Å²) in [5.74, 6) is 0.192. The van der Waals surface area contributed by atoms with Gasteiger partial charge in [-0.05, 0) is 12.1 Å². The Morgan fingerprint density at radius 1 is 1.06 bits per heavy atom. The fourth-order valence-electron chi connectivity index (χ4n) is 0.915. The number of carbonyl (C=O) groups is 1. The Bertz CT molecular complexity index is 395. The van der Waals surface area contributed by atoms with E-state index in [9.17, 15) is 9.36 Å². The lowest BCUT2D eigenvalue weighted by Crippen LogP contribution is -2.11. The van der Waals surface area contributed by atoms with Gasteiger partial charge in [0, 0.05) is 0 Å². The zero-order valence-corrected chi connectivity index (χ0v) is 10.1. The normalized spacial score (nSPS) is 11.2. The average Bonchev–Trinajstić information content (AvgIpc) is 2.31. The van der Waals surface area contributed by atoms with Gasteiger partial charge in [0.15, 0.2) is 0 Å². The van der Waals surface area contributed by atoms with Gasteiger partial charge >= 0.3 is 13.3 Å². The van der Waals surface area contributed by atoms with Crippen LogP contribution in [0.2, 0.25) is 0 Å². The van der Waals surface area contributed by atoms with Crippen LogP contribution >= 0.6 is 7.60 Å². The van der Waals surface area contributed by atoms with E-state index < -0.39 is 13.3 Å². The van der Waals surface area contributed by atoms with Gasteiger partial charge in [-0.15, -0.1) is 9.35 Å². The fourth-order valence-corrected chi connectivity index (χ4v) is 1.67. The molecule has 0 atom stereocenters. The molecule has 0 aromatic heterocycles. The molecule has 8 heteroatoms. The van der Waals surface area contributed by atoms with Crippen LogP contribution < -0.4 is 4.74 Å². The van der Waals surface area contributed by atoms with Crippen LogP contribution in [-0.4, -0.2) is 19.9 Å². The van der Waals surface area contributed by atoms with E-state index in [0.717, 1.165) is 14.2 Å². The average molecular weight is 262 g/mol. The summed E-state index contributed by atoms with van der Waals surface area (Å²) >= 11 is 0. The van der Waals surface area contributed by atoms with Crippen LogP contribution in [0.3, 0.4) is 0 Å². The summed E-state index contributed by atoms with van der Waals surface area (Å²) in [4.78, 5) is 19.8. The fraction of sp³-hybridized carbons (Fsp3) is 0.222. The Kier molecular flexibility index (Phi) is 5.27. The Balaban J connectivity index is 2.76. The second-order valence-electron chi connectivity index (χ2n) is 2.66. The number of rotatable bonds is 6. The maximum atomic E-state index is 11.7. The van der Waals surface area contributed by atoms with Gasteiger partial charge in [-0.2, -0.15) is 0 Å². The summed E-state index contributed by atoms with van der Waals surface area (Å²) in [6.07, 6.45) is 0. The smallest absolute Gasteiger partial charge is 0.417 e. The highest BCUT2D eigenvalue weighted by molar-refractivity contribution is 7.71. The maximum absolute atomic E-state index is 11.7. The van der Waals surface area contributed by atoms with Crippen molar-refractivity contribution >= 4 is 13.3 Å². The van der Waals surface area contributed by atoms with Gasteiger partial charge in [-0.1, -0.05) is 18.2 Å². The molecule has 0 spiro atoms. The van der Waals surface area contributed by atoms with Crippen molar-refractivity contribution in [2.24, 2.45) is 0 Å². The van der Waals surface area contributed by atoms with E-state index in [-0.39, 0.29) is 5.75 Å². The van der Waals surface area contributed by atoms with Crippen molar-refractivity contribution in [2.75, 3.05) is 14.2 Å². The van der Waals surface area contributed by atoms with Crippen LogP contribution in [0.25, 0.3) is 0 Å². The SMILES string of the molecule is COOP(=O)(OOC)C(=O)Oc1ccccc1. The lowest BCUT2D eigenvalue weighted by atomic mass is 10.3. The van der Waals surface area contributed by atoms with E-state index >= 15 is 0 Å². The van der Waals surface area contributed by atoms with Crippen molar-refractivity contribution in [1.82, 2.24) is 0 Å². The molecule has 0 bridgehead atoms. The third kappa shape index (κ3) is 3.92. The van der Waals surface area contributed by atoms with Gasteiger partial charge in [0.2, 0.25) is 0 Å². The second-order valence-corrected chi connectivity index (χ2v) is 4.32. The lowest BCUT2D eigenvalue weighted by molar-refractivity contribution is -0.239. The molecule has 0 heterocycles. The molecule has 0 N–H and O–H groups in total. The van der Waals surface area contributed by atoms with Crippen molar-refractivity contribution in [3.05, 3.63) is 30.3 Å². The van der Waals surface area contributed by atoms with Gasteiger partial charge in [-0.3, -0.25) is 0 Å². The molecule has 17 heavy (non-hydrogen) atoms. The van der Waals surface area contributed by atoms with Gasteiger partial charge in [-0.25, -0.2) is 19.1 Å². The molecule has 0 amide bonds. The highest BCUT2D eigenvalue weighted by Gasteiger charge is 2.40. The first-order chi connectivity index (χ1) is 8.12. The number of carbonyl (C=O) groups excluding carboxylic acids is 1. The molecule has 1 rings (SSSR count). The van der Waals surface area contributed by atoms with E-state index in [1.54, 1.807) is 18.2 Å². The molecule has 0 unspecified atom stereocenters. The molecule has 94 valence electrons. The molecule has 0 saturated carbocycles. The predicted molar refractivity (Wildman–Crippen MR) is 56.3 cm³/mol. The molecule has 0 aliphatic rings. The third-order valence-corrected chi connectivity index (χ3v) is 2.75. The molecule has 0 radical (unpaired) electrons. The first-order valence-corrected chi connectivity index (χ1v) is 5.99. The summed E-state index contributed by atoms with van der Waals surface area (Å²) in [7, 11) is -2.14. The molecular weight excluding hydrogens is 251 g/mol. The van der Waals surface area contributed by atoms with Crippen LogP contribution in [0.4, 0.5) is 4.79 Å². The highest BCUT2D eigenvalue weighted by atomic mass is 31.2. The van der Waals surface area contributed by atoms with Gasteiger partial charge < -0.3 is 4.74 Å². The number of para-hydroxylation sites is 1. The summed E-state index contributed by atoms with van der Waals surface area (Å²) < 4.78 is 25.0. The number of ether oxygens (including phenoxy) is 1. The van der Waals surface area contributed by atoms with E-state index in [2.05, 4.69) is 19.1 Å². The summed E-state index contributed by atoms with van der Waals surface area (Å²) in [5, 5.41) is 0. The topological polar surface area (TPSA) is 80.3 Å². The van der Waals surface area contributed by atoms with Crippen LogP contribution in [0.1, 0.15) is 0 Å². The first-order valence-electron chi connectivity index (χ1n) is 4.44. The molecule has 0 saturated heterocycles. The Morgan fingerprint density at radius 2 is 1.59 bits per heavy atom. The molecule has 1 aromatic carbocycles. The molecule has 7 nitrogen and oxygen atoms in total. The zero-order valence-electron chi connectivity index (χ0n) is 9.19. The number of hydrogen-bond donors (Lipinski definition) is 0. The second kappa shape index (κ2) is 6.48. The van der Waals surface area contributed by atoms with Crippen LogP contribution in [0, 0.1) is 0 Å². The minimum Gasteiger partial charge on any atom is -0.417 e. The number of benzene rings is 1. The molecular formula is C9H11O7P. The molecule has 0 fully saturated rings. The van der Waals surface area contributed by atoms with Crippen molar-refractivity contribution in [3.63, 3.8) is 0 Å². The van der Waals surface area contributed by atoms with Crippen molar-refractivity contribution in [2.45, 2.75) is 0 Å². The van der Waals surface area contributed by atoms with Crippen LogP contribution in [0.5, 0.6) is 5.75 Å². The monoisotopic (exact) mass is 262 g/mol. The first kappa shape index (κ1) is 13.8. The summed E-state index contributed by atoms with van der Waals surface area (Å²) in [5.41, 5.74) is -1.24. The Morgan fingerprint density at radius 3 is 2.06 bits per heavy atom. The Hall–Kier alpha value is -1.24.